The molecule has 0 atom stereocenters. The predicted molar refractivity (Wildman–Crippen MR) is 76.8 cm³/mol. The van der Waals surface area contributed by atoms with Crippen molar-refractivity contribution in [1.29, 1.82) is 0 Å². The van der Waals surface area contributed by atoms with Crippen molar-refractivity contribution in [2.75, 3.05) is 20.1 Å². The van der Waals surface area contributed by atoms with Crippen molar-refractivity contribution in [3.05, 3.63) is 41.5 Å². The smallest absolute Gasteiger partial charge is 0.251 e. The lowest BCUT2D eigenvalue weighted by Crippen LogP contribution is -2.28. The Kier molecular flexibility index (Phi) is 5.79. The zero-order valence-electron chi connectivity index (χ0n) is 11.6. The molecule has 1 aromatic carbocycles. The number of likely N-dealkylation sites (N-methyl/N-ethyl adjacent to an activating group) is 1. The molecule has 0 aliphatic rings. The molecule has 0 unspecified atom stereocenters. The van der Waals surface area contributed by atoms with Gasteiger partial charge < -0.3 is 10.2 Å². The largest absolute Gasteiger partial charge is 0.355 e. The van der Waals surface area contributed by atoms with E-state index in [0.29, 0.717) is 18.7 Å². The summed E-state index contributed by atoms with van der Waals surface area (Å²) >= 11 is 0. The first-order valence-corrected chi connectivity index (χ1v) is 6.41. The van der Waals surface area contributed by atoms with E-state index in [-0.39, 0.29) is 11.8 Å². The van der Waals surface area contributed by atoms with Crippen LogP contribution in [0, 0.1) is 0 Å². The summed E-state index contributed by atoms with van der Waals surface area (Å²) in [6, 6.07) is 7.11. The monoisotopic (exact) mass is 260 g/mol. The summed E-state index contributed by atoms with van der Waals surface area (Å²) in [6.07, 6.45) is 3.32. The molecule has 0 heterocycles. The van der Waals surface area contributed by atoms with Crippen molar-refractivity contribution < 1.29 is 9.59 Å². The summed E-state index contributed by atoms with van der Waals surface area (Å²) in [7, 11) is 1.60. The first-order valence-electron chi connectivity index (χ1n) is 6.41. The van der Waals surface area contributed by atoms with Gasteiger partial charge in [0.25, 0.3) is 5.91 Å². The summed E-state index contributed by atoms with van der Waals surface area (Å²) in [4.78, 5) is 24.9. The zero-order valence-corrected chi connectivity index (χ0v) is 11.6. The van der Waals surface area contributed by atoms with E-state index in [1.807, 2.05) is 26.0 Å². The molecule has 1 rings (SSSR count). The standard InChI is InChI=1S/C15H20N2O2/c1-4-17(5-2)14(18)11-8-12-6-9-13(10-7-12)15(19)16-3/h6-11H,4-5H2,1-3H3,(H,16,19)/b11-8+. The van der Waals surface area contributed by atoms with Crippen LogP contribution in [-0.2, 0) is 4.79 Å². The van der Waals surface area contributed by atoms with E-state index in [0.717, 1.165) is 5.56 Å². The fourth-order valence-corrected chi connectivity index (χ4v) is 1.70. The Bertz CT molecular complexity index is 460. The number of benzene rings is 1. The first kappa shape index (κ1) is 15.0. The van der Waals surface area contributed by atoms with E-state index < -0.39 is 0 Å². The third-order valence-corrected chi connectivity index (χ3v) is 2.89. The zero-order chi connectivity index (χ0) is 14.3. The number of amides is 2. The molecule has 102 valence electrons. The second-order valence-electron chi connectivity index (χ2n) is 4.04. The fourth-order valence-electron chi connectivity index (χ4n) is 1.70. The van der Waals surface area contributed by atoms with Crippen LogP contribution in [0.4, 0.5) is 0 Å². The quantitative estimate of drug-likeness (QED) is 0.822. The highest BCUT2D eigenvalue weighted by Gasteiger charge is 2.05. The number of carbonyl (C=O) groups is 2. The lowest BCUT2D eigenvalue weighted by Gasteiger charge is -2.15. The van der Waals surface area contributed by atoms with Crippen LogP contribution >= 0.6 is 0 Å². The first-order chi connectivity index (χ1) is 9.12. The normalized spacial score (nSPS) is 10.5. The molecule has 0 bridgehead atoms. The molecular weight excluding hydrogens is 240 g/mol. The molecule has 19 heavy (non-hydrogen) atoms. The van der Waals surface area contributed by atoms with E-state index in [1.165, 1.54) is 0 Å². The van der Waals surface area contributed by atoms with E-state index in [2.05, 4.69) is 5.32 Å². The number of nitrogens with zero attached hydrogens (tertiary/aromatic N) is 1. The van der Waals surface area contributed by atoms with Crippen molar-refractivity contribution in [3.8, 4) is 0 Å². The van der Waals surface area contributed by atoms with E-state index in [9.17, 15) is 9.59 Å². The van der Waals surface area contributed by atoms with Gasteiger partial charge in [-0.1, -0.05) is 12.1 Å². The Morgan fingerprint density at radius 3 is 2.21 bits per heavy atom. The Hall–Kier alpha value is -2.10. The molecule has 0 aliphatic heterocycles. The number of nitrogens with one attached hydrogen (secondary N) is 1. The summed E-state index contributed by atoms with van der Waals surface area (Å²) in [5.74, 6) is -0.116. The molecule has 4 nitrogen and oxygen atoms in total. The van der Waals surface area contributed by atoms with Gasteiger partial charge in [-0.05, 0) is 37.6 Å². The van der Waals surface area contributed by atoms with Crippen LogP contribution in [-0.4, -0.2) is 36.9 Å². The van der Waals surface area contributed by atoms with Gasteiger partial charge >= 0.3 is 0 Å². The third kappa shape index (κ3) is 4.25. The number of hydrogen-bond donors (Lipinski definition) is 1. The third-order valence-electron chi connectivity index (χ3n) is 2.89. The molecule has 0 aliphatic carbocycles. The van der Waals surface area contributed by atoms with Crippen molar-refractivity contribution in [3.63, 3.8) is 0 Å². The van der Waals surface area contributed by atoms with Crippen LogP contribution in [0.3, 0.4) is 0 Å². The Morgan fingerprint density at radius 2 is 1.74 bits per heavy atom. The van der Waals surface area contributed by atoms with Crippen LogP contribution in [0.15, 0.2) is 30.3 Å². The molecule has 1 aromatic rings. The Morgan fingerprint density at radius 1 is 1.16 bits per heavy atom. The van der Waals surface area contributed by atoms with Crippen molar-refractivity contribution in [2.45, 2.75) is 13.8 Å². The molecule has 2 amide bonds. The second kappa shape index (κ2) is 7.36. The van der Waals surface area contributed by atoms with Gasteiger partial charge in [0.05, 0.1) is 0 Å². The van der Waals surface area contributed by atoms with Gasteiger partial charge in [0.1, 0.15) is 0 Å². The molecule has 0 radical (unpaired) electrons. The van der Waals surface area contributed by atoms with Gasteiger partial charge in [0, 0.05) is 31.8 Å². The lowest BCUT2D eigenvalue weighted by molar-refractivity contribution is -0.125. The van der Waals surface area contributed by atoms with Gasteiger partial charge in [-0.2, -0.15) is 0 Å². The van der Waals surface area contributed by atoms with Crippen LogP contribution < -0.4 is 5.32 Å². The van der Waals surface area contributed by atoms with Crippen molar-refractivity contribution in [1.82, 2.24) is 10.2 Å². The van der Waals surface area contributed by atoms with Crippen molar-refractivity contribution >= 4 is 17.9 Å². The van der Waals surface area contributed by atoms with Gasteiger partial charge in [0.15, 0.2) is 0 Å². The predicted octanol–water partition coefficient (Wildman–Crippen LogP) is 1.93. The number of rotatable bonds is 5. The summed E-state index contributed by atoms with van der Waals surface area (Å²) in [6.45, 7) is 5.31. The summed E-state index contributed by atoms with van der Waals surface area (Å²) < 4.78 is 0. The maximum absolute atomic E-state index is 11.8. The lowest BCUT2D eigenvalue weighted by atomic mass is 10.1. The van der Waals surface area contributed by atoms with Crippen LogP contribution in [0.2, 0.25) is 0 Å². The molecule has 0 spiro atoms. The van der Waals surface area contributed by atoms with Gasteiger partial charge in [-0.15, -0.1) is 0 Å². The molecule has 0 fully saturated rings. The van der Waals surface area contributed by atoms with Crippen LogP contribution in [0.5, 0.6) is 0 Å². The van der Waals surface area contributed by atoms with Gasteiger partial charge in [-0.25, -0.2) is 0 Å². The average molecular weight is 260 g/mol. The molecule has 0 aromatic heterocycles. The van der Waals surface area contributed by atoms with Crippen LogP contribution in [0.1, 0.15) is 29.8 Å². The minimum absolute atomic E-state index is 0.000350. The number of carbonyl (C=O) groups excluding carboxylic acids is 2. The van der Waals surface area contributed by atoms with E-state index in [4.69, 9.17) is 0 Å². The molecule has 0 saturated carbocycles. The number of hydrogen-bond acceptors (Lipinski definition) is 2. The van der Waals surface area contributed by atoms with E-state index >= 15 is 0 Å². The molecule has 4 heteroatoms. The Labute approximate surface area is 114 Å². The Balaban J connectivity index is 2.72. The minimum atomic E-state index is -0.116. The fraction of sp³-hybridized carbons (Fsp3) is 0.333. The topological polar surface area (TPSA) is 49.4 Å². The highest BCUT2D eigenvalue weighted by molar-refractivity contribution is 5.94. The molecular formula is C15H20N2O2. The maximum atomic E-state index is 11.8. The molecule has 0 saturated heterocycles. The highest BCUT2D eigenvalue weighted by Crippen LogP contribution is 2.06. The van der Waals surface area contributed by atoms with Crippen LogP contribution in [0.25, 0.3) is 6.08 Å². The summed E-state index contributed by atoms with van der Waals surface area (Å²) in [5.41, 5.74) is 1.50. The van der Waals surface area contributed by atoms with E-state index in [1.54, 1.807) is 36.2 Å². The summed E-state index contributed by atoms with van der Waals surface area (Å²) in [5, 5.41) is 2.56. The second-order valence-corrected chi connectivity index (χ2v) is 4.04. The molecule has 1 N–H and O–H groups in total. The minimum Gasteiger partial charge on any atom is -0.355 e. The van der Waals surface area contributed by atoms with Gasteiger partial charge in [0.2, 0.25) is 5.91 Å². The van der Waals surface area contributed by atoms with Gasteiger partial charge in [-0.3, -0.25) is 9.59 Å². The highest BCUT2D eigenvalue weighted by atomic mass is 16.2. The SMILES string of the molecule is CCN(CC)C(=O)/C=C/c1ccc(C(=O)NC)cc1. The van der Waals surface area contributed by atoms with Crippen molar-refractivity contribution in [2.24, 2.45) is 0 Å². The maximum Gasteiger partial charge on any atom is 0.251 e. The average Bonchev–Trinajstić information content (AvgIpc) is 2.46.